The molecule has 0 amide bonds. The van der Waals surface area contributed by atoms with Gasteiger partial charge in [0.05, 0.1) is 13.2 Å². The van der Waals surface area contributed by atoms with Crippen LogP contribution in [-0.4, -0.2) is 25.2 Å². The van der Waals surface area contributed by atoms with Gasteiger partial charge in [-0.3, -0.25) is 0 Å². The fourth-order valence-corrected chi connectivity index (χ4v) is 2.37. The molecule has 2 aromatic carbocycles. The monoisotopic (exact) mass is 418 g/mol. The molecule has 0 unspecified atom stereocenters. The Morgan fingerprint density at radius 3 is 1.39 bits per heavy atom. The number of unbranched alkanes of at least 4 members (excludes halogenated alkanes) is 1. The molecule has 2 aromatic rings. The zero-order chi connectivity index (χ0) is 20.2. The number of hydrogen-bond acceptors (Lipinski definition) is 4. The average molecular weight is 419 g/mol. The van der Waals surface area contributed by atoms with Crippen molar-refractivity contribution >= 4 is 47.3 Å². The van der Waals surface area contributed by atoms with Crippen LogP contribution in [-0.2, 0) is 19.1 Å². The lowest BCUT2D eigenvalue weighted by Crippen LogP contribution is -2.06. The Morgan fingerprint density at radius 1 is 0.679 bits per heavy atom. The Hall–Kier alpha value is -2.56. The molecule has 0 aliphatic heterocycles. The van der Waals surface area contributed by atoms with Crippen LogP contribution in [0.25, 0.3) is 12.2 Å². The zero-order valence-electron chi connectivity index (χ0n) is 15.1. The van der Waals surface area contributed by atoms with Gasteiger partial charge in [0, 0.05) is 22.2 Å². The van der Waals surface area contributed by atoms with Gasteiger partial charge in [-0.1, -0.05) is 47.5 Å². The van der Waals surface area contributed by atoms with Crippen molar-refractivity contribution in [2.45, 2.75) is 12.8 Å². The van der Waals surface area contributed by atoms with Crippen molar-refractivity contribution in [2.75, 3.05) is 13.2 Å². The first-order valence-corrected chi connectivity index (χ1v) is 9.49. The van der Waals surface area contributed by atoms with Crippen molar-refractivity contribution in [2.24, 2.45) is 0 Å². The van der Waals surface area contributed by atoms with Gasteiger partial charge in [0.25, 0.3) is 0 Å². The molecule has 28 heavy (non-hydrogen) atoms. The quantitative estimate of drug-likeness (QED) is 0.302. The number of benzene rings is 2. The highest BCUT2D eigenvalue weighted by Crippen LogP contribution is 2.11. The third-order valence-electron chi connectivity index (χ3n) is 3.59. The molecule has 0 aromatic heterocycles. The molecular formula is C22H20Cl2O4. The van der Waals surface area contributed by atoms with E-state index in [1.165, 1.54) is 12.2 Å². The number of rotatable bonds is 9. The molecule has 0 bridgehead atoms. The summed E-state index contributed by atoms with van der Waals surface area (Å²) < 4.78 is 10.2. The molecule has 2 rings (SSSR count). The fourth-order valence-electron chi connectivity index (χ4n) is 2.12. The van der Waals surface area contributed by atoms with Gasteiger partial charge < -0.3 is 9.47 Å². The molecule has 0 radical (unpaired) electrons. The number of carbonyl (C=O) groups excluding carboxylic acids is 2. The predicted molar refractivity (Wildman–Crippen MR) is 112 cm³/mol. The maximum Gasteiger partial charge on any atom is 0.330 e. The van der Waals surface area contributed by atoms with Gasteiger partial charge >= 0.3 is 11.9 Å². The lowest BCUT2D eigenvalue weighted by Gasteiger charge is -2.03. The lowest BCUT2D eigenvalue weighted by molar-refractivity contribution is -0.140. The maximum absolute atomic E-state index is 11.6. The summed E-state index contributed by atoms with van der Waals surface area (Å²) in [6.07, 6.45) is 7.26. The van der Waals surface area contributed by atoms with Crippen molar-refractivity contribution in [1.29, 1.82) is 0 Å². The Balaban J connectivity index is 1.56. The van der Waals surface area contributed by atoms with E-state index in [0.717, 1.165) is 11.1 Å². The van der Waals surface area contributed by atoms with E-state index < -0.39 is 11.9 Å². The van der Waals surface area contributed by atoms with Crippen LogP contribution in [0.3, 0.4) is 0 Å². The zero-order valence-corrected chi connectivity index (χ0v) is 16.7. The lowest BCUT2D eigenvalue weighted by atomic mass is 10.2. The predicted octanol–water partition coefficient (Wildman–Crippen LogP) is 5.59. The molecular weight excluding hydrogens is 399 g/mol. The summed E-state index contributed by atoms with van der Waals surface area (Å²) in [5.41, 5.74) is 1.72. The summed E-state index contributed by atoms with van der Waals surface area (Å²) in [5.74, 6) is -0.837. The molecule has 0 N–H and O–H groups in total. The van der Waals surface area contributed by atoms with Crippen LogP contribution < -0.4 is 0 Å². The van der Waals surface area contributed by atoms with Gasteiger partial charge in [0.2, 0.25) is 0 Å². The number of halogens is 2. The molecule has 4 nitrogen and oxygen atoms in total. The normalized spacial score (nSPS) is 11.1. The molecule has 6 heteroatoms. The molecule has 0 atom stereocenters. The van der Waals surface area contributed by atoms with Crippen LogP contribution in [0, 0.1) is 0 Å². The summed E-state index contributed by atoms with van der Waals surface area (Å²) in [4.78, 5) is 23.3. The maximum atomic E-state index is 11.6. The Kier molecular flexibility index (Phi) is 9.32. The fraction of sp³-hybridized carbons (Fsp3) is 0.182. The summed E-state index contributed by atoms with van der Waals surface area (Å²) >= 11 is 11.6. The highest BCUT2D eigenvalue weighted by molar-refractivity contribution is 6.30. The third-order valence-corrected chi connectivity index (χ3v) is 4.10. The first kappa shape index (κ1) is 21.7. The Morgan fingerprint density at radius 2 is 1.04 bits per heavy atom. The standard InChI is InChI=1S/C22H20Cl2O4/c23-19-9-3-17(4-10-19)7-13-21(25)27-15-1-2-16-28-22(26)14-8-18-5-11-20(24)12-6-18/h3-14H,1-2,15-16H2. The Bertz CT molecular complexity index is 753. The van der Waals surface area contributed by atoms with Crippen molar-refractivity contribution in [3.05, 3.63) is 81.9 Å². The largest absolute Gasteiger partial charge is 0.463 e. The van der Waals surface area contributed by atoms with Crippen molar-refractivity contribution in [3.63, 3.8) is 0 Å². The summed E-state index contributed by atoms with van der Waals surface area (Å²) in [6, 6.07) is 14.2. The van der Waals surface area contributed by atoms with E-state index in [4.69, 9.17) is 32.7 Å². The molecule has 0 fully saturated rings. The number of carbonyl (C=O) groups is 2. The third kappa shape index (κ3) is 8.89. The number of ether oxygens (including phenoxy) is 2. The van der Waals surface area contributed by atoms with Crippen LogP contribution in [0.2, 0.25) is 10.0 Å². The van der Waals surface area contributed by atoms with Crippen molar-refractivity contribution < 1.29 is 19.1 Å². The van der Waals surface area contributed by atoms with Gasteiger partial charge in [0.1, 0.15) is 0 Å². The minimum Gasteiger partial charge on any atom is -0.463 e. The van der Waals surface area contributed by atoms with Crippen LogP contribution in [0.5, 0.6) is 0 Å². The van der Waals surface area contributed by atoms with Crippen molar-refractivity contribution in [1.82, 2.24) is 0 Å². The van der Waals surface area contributed by atoms with Crippen LogP contribution >= 0.6 is 23.2 Å². The molecule has 0 aliphatic rings. The molecule has 0 spiro atoms. The molecule has 146 valence electrons. The second kappa shape index (κ2) is 12.0. The van der Waals surface area contributed by atoms with Crippen molar-refractivity contribution in [3.8, 4) is 0 Å². The first-order chi connectivity index (χ1) is 13.5. The minimum atomic E-state index is -0.419. The van der Waals surface area contributed by atoms with E-state index in [-0.39, 0.29) is 13.2 Å². The second-order valence-electron chi connectivity index (χ2n) is 5.81. The van der Waals surface area contributed by atoms with Crippen LogP contribution in [0.1, 0.15) is 24.0 Å². The van der Waals surface area contributed by atoms with Gasteiger partial charge in [0.15, 0.2) is 0 Å². The second-order valence-corrected chi connectivity index (χ2v) is 6.68. The Labute approximate surface area is 174 Å². The summed E-state index contributed by atoms with van der Waals surface area (Å²) in [5, 5.41) is 1.28. The molecule has 0 aliphatic carbocycles. The average Bonchev–Trinajstić information content (AvgIpc) is 2.69. The van der Waals surface area contributed by atoms with E-state index in [9.17, 15) is 9.59 Å². The first-order valence-electron chi connectivity index (χ1n) is 8.74. The van der Waals surface area contributed by atoms with E-state index in [2.05, 4.69) is 0 Å². The highest BCUT2D eigenvalue weighted by Gasteiger charge is 2.00. The van der Waals surface area contributed by atoms with Gasteiger partial charge in [-0.2, -0.15) is 0 Å². The number of hydrogen-bond donors (Lipinski definition) is 0. The number of esters is 2. The molecule has 0 saturated carbocycles. The smallest absolute Gasteiger partial charge is 0.330 e. The highest BCUT2D eigenvalue weighted by atomic mass is 35.5. The topological polar surface area (TPSA) is 52.6 Å². The van der Waals surface area contributed by atoms with Gasteiger partial charge in [-0.15, -0.1) is 0 Å². The summed E-state index contributed by atoms with van der Waals surface area (Å²) in [6.45, 7) is 0.532. The SMILES string of the molecule is O=C(C=Cc1ccc(Cl)cc1)OCCCCOC(=O)C=Cc1ccc(Cl)cc1. The van der Waals surface area contributed by atoms with Gasteiger partial charge in [-0.05, 0) is 60.4 Å². The van der Waals surface area contributed by atoms with E-state index >= 15 is 0 Å². The minimum absolute atomic E-state index is 0.266. The van der Waals surface area contributed by atoms with Gasteiger partial charge in [-0.25, -0.2) is 9.59 Å². The van der Waals surface area contributed by atoms with E-state index in [0.29, 0.717) is 22.9 Å². The molecule has 0 saturated heterocycles. The molecule has 0 heterocycles. The van der Waals surface area contributed by atoms with Crippen LogP contribution in [0.15, 0.2) is 60.7 Å². The van der Waals surface area contributed by atoms with Crippen LogP contribution in [0.4, 0.5) is 0 Å². The van der Waals surface area contributed by atoms with E-state index in [1.807, 2.05) is 24.3 Å². The van der Waals surface area contributed by atoms with E-state index in [1.54, 1.807) is 36.4 Å². The summed E-state index contributed by atoms with van der Waals surface area (Å²) in [7, 11) is 0.